The van der Waals surface area contributed by atoms with Crippen LogP contribution in [-0.4, -0.2) is 6.36 Å². The van der Waals surface area contributed by atoms with Crippen molar-refractivity contribution in [1.29, 1.82) is 0 Å². The summed E-state index contributed by atoms with van der Waals surface area (Å²) in [6.07, 6.45) is 1.76. The smallest absolute Gasteiger partial charge is 0.406 e. The average Bonchev–Trinajstić information content (AvgIpc) is 2.73. The Bertz CT molecular complexity index is 1050. The van der Waals surface area contributed by atoms with Gasteiger partial charge in [0.15, 0.2) is 0 Å². The fourth-order valence-corrected chi connectivity index (χ4v) is 4.31. The summed E-state index contributed by atoms with van der Waals surface area (Å²) in [6, 6.07) is 14.6. The monoisotopic (exact) mass is 414 g/mol. The van der Waals surface area contributed by atoms with Crippen LogP contribution in [0.5, 0.6) is 5.75 Å². The van der Waals surface area contributed by atoms with Crippen LogP contribution < -0.4 is 4.74 Å². The number of rotatable bonds is 4. The molecule has 4 rings (SSSR count). The second-order valence-electron chi connectivity index (χ2n) is 7.83. The molecule has 1 fully saturated rings. The van der Waals surface area contributed by atoms with Gasteiger partial charge in [0, 0.05) is 10.9 Å². The van der Waals surface area contributed by atoms with Crippen molar-refractivity contribution in [3.05, 3.63) is 78.6 Å². The van der Waals surface area contributed by atoms with Crippen LogP contribution in [0.4, 0.5) is 17.6 Å². The summed E-state index contributed by atoms with van der Waals surface area (Å²) in [5, 5.41) is 1.34. The van der Waals surface area contributed by atoms with Crippen molar-refractivity contribution >= 4 is 10.8 Å². The maximum Gasteiger partial charge on any atom is 0.573 e. The number of hydrogen-bond donors (Lipinski definition) is 0. The SMILES string of the molecule is C=CC1CCC(c2ccc3c(F)c(-c4ccc(OC(F)(F)F)cc4)ccc3c2)CC1. The van der Waals surface area contributed by atoms with Gasteiger partial charge in [0.2, 0.25) is 0 Å². The molecule has 5 heteroatoms. The Balaban J connectivity index is 1.59. The highest BCUT2D eigenvalue weighted by molar-refractivity contribution is 5.89. The third-order valence-electron chi connectivity index (χ3n) is 5.95. The largest absolute Gasteiger partial charge is 0.573 e. The van der Waals surface area contributed by atoms with E-state index in [4.69, 9.17) is 0 Å². The molecule has 0 aliphatic heterocycles. The summed E-state index contributed by atoms with van der Waals surface area (Å²) in [5.74, 6) is 0.367. The van der Waals surface area contributed by atoms with Gasteiger partial charge in [-0.15, -0.1) is 19.8 Å². The molecular formula is C25H22F4O. The summed E-state index contributed by atoms with van der Waals surface area (Å²) in [4.78, 5) is 0. The van der Waals surface area contributed by atoms with Gasteiger partial charge < -0.3 is 4.74 Å². The molecule has 0 unspecified atom stereocenters. The first-order valence-electron chi connectivity index (χ1n) is 10.0. The van der Waals surface area contributed by atoms with E-state index in [1.54, 1.807) is 6.07 Å². The van der Waals surface area contributed by atoms with Crippen LogP contribution >= 0.6 is 0 Å². The second kappa shape index (κ2) is 8.13. The first kappa shape index (κ1) is 20.5. The van der Waals surface area contributed by atoms with Crippen LogP contribution in [0.25, 0.3) is 21.9 Å². The van der Waals surface area contributed by atoms with Crippen molar-refractivity contribution in [1.82, 2.24) is 0 Å². The Hall–Kier alpha value is -2.82. The van der Waals surface area contributed by atoms with E-state index in [-0.39, 0.29) is 11.6 Å². The molecule has 0 radical (unpaired) electrons. The van der Waals surface area contributed by atoms with Crippen molar-refractivity contribution in [3.8, 4) is 16.9 Å². The van der Waals surface area contributed by atoms with Crippen molar-refractivity contribution < 1.29 is 22.3 Å². The molecule has 1 nitrogen and oxygen atoms in total. The van der Waals surface area contributed by atoms with Gasteiger partial charge in [0.25, 0.3) is 0 Å². The topological polar surface area (TPSA) is 9.23 Å². The molecule has 1 aliphatic carbocycles. The third kappa shape index (κ3) is 4.35. The van der Waals surface area contributed by atoms with Crippen LogP contribution in [0.3, 0.4) is 0 Å². The summed E-state index contributed by atoms with van der Waals surface area (Å²) in [6.45, 7) is 3.89. The minimum atomic E-state index is -4.75. The van der Waals surface area contributed by atoms with E-state index >= 15 is 4.39 Å². The molecule has 3 aromatic rings. The molecule has 0 aromatic heterocycles. The van der Waals surface area contributed by atoms with Crippen molar-refractivity contribution in [2.75, 3.05) is 0 Å². The molecule has 0 bridgehead atoms. The molecule has 0 atom stereocenters. The normalized spacial score (nSPS) is 19.6. The maximum absolute atomic E-state index is 15.2. The van der Waals surface area contributed by atoms with Crippen molar-refractivity contribution in [2.45, 2.75) is 38.0 Å². The number of halogens is 4. The number of fused-ring (bicyclic) bond motifs is 1. The van der Waals surface area contributed by atoms with E-state index in [0.29, 0.717) is 28.3 Å². The zero-order valence-electron chi connectivity index (χ0n) is 16.4. The second-order valence-corrected chi connectivity index (χ2v) is 7.83. The van der Waals surface area contributed by atoms with E-state index in [2.05, 4.69) is 17.4 Å². The van der Waals surface area contributed by atoms with Crippen LogP contribution in [-0.2, 0) is 0 Å². The van der Waals surface area contributed by atoms with Crippen LogP contribution in [0.1, 0.15) is 37.2 Å². The summed E-state index contributed by atoms with van der Waals surface area (Å²) in [7, 11) is 0. The highest BCUT2D eigenvalue weighted by Gasteiger charge is 2.31. The molecule has 0 N–H and O–H groups in total. The first-order chi connectivity index (χ1) is 14.3. The summed E-state index contributed by atoms with van der Waals surface area (Å²) < 4.78 is 56.0. The first-order valence-corrected chi connectivity index (χ1v) is 10.0. The molecule has 1 saturated carbocycles. The molecule has 0 saturated heterocycles. The Morgan fingerprint density at radius 1 is 0.900 bits per heavy atom. The molecule has 30 heavy (non-hydrogen) atoms. The van der Waals surface area contributed by atoms with E-state index in [9.17, 15) is 13.2 Å². The molecule has 3 aromatic carbocycles. The Morgan fingerprint density at radius 3 is 2.23 bits per heavy atom. The van der Waals surface area contributed by atoms with Crippen molar-refractivity contribution in [2.24, 2.45) is 5.92 Å². The Morgan fingerprint density at radius 2 is 1.60 bits per heavy atom. The minimum absolute atomic E-state index is 0.330. The molecule has 0 spiro atoms. The summed E-state index contributed by atoms with van der Waals surface area (Å²) >= 11 is 0. The lowest BCUT2D eigenvalue weighted by atomic mass is 9.78. The predicted octanol–water partition coefficient (Wildman–Crippen LogP) is 8.00. The molecular weight excluding hydrogens is 392 g/mol. The van der Waals surface area contributed by atoms with Gasteiger partial charge in [-0.05, 0) is 66.2 Å². The lowest BCUT2D eigenvalue weighted by Crippen LogP contribution is -2.16. The zero-order chi connectivity index (χ0) is 21.3. The summed E-state index contributed by atoms with van der Waals surface area (Å²) in [5.41, 5.74) is 2.07. The lowest BCUT2D eigenvalue weighted by molar-refractivity contribution is -0.274. The van der Waals surface area contributed by atoms with Crippen LogP contribution in [0.2, 0.25) is 0 Å². The quantitative estimate of drug-likeness (QED) is 0.310. The zero-order valence-corrected chi connectivity index (χ0v) is 16.4. The van der Waals surface area contributed by atoms with E-state index < -0.39 is 6.36 Å². The highest BCUT2D eigenvalue weighted by atomic mass is 19.4. The fraction of sp³-hybridized carbons (Fsp3) is 0.280. The van der Waals surface area contributed by atoms with Gasteiger partial charge in [-0.3, -0.25) is 0 Å². The predicted molar refractivity (Wildman–Crippen MR) is 111 cm³/mol. The third-order valence-corrected chi connectivity index (χ3v) is 5.95. The lowest BCUT2D eigenvalue weighted by Gasteiger charge is -2.27. The number of ether oxygens (including phenoxy) is 1. The van der Waals surface area contributed by atoms with Crippen molar-refractivity contribution in [3.63, 3.8) is 0 Å². The number of allylic oxidation sites excluding steroid dienone is 1. The Kier molecular flexibility index (Phi) is 5.54. The van der Waals surface area contributed by atoms with E-state index in [1.807, 2.05) is 24.3 Å². The maximum atomic E-state index is 15.2. The molecule has 1 aliphatic rings. The van der Waals surface area contributed by atoms with E-state index in [0.717, 1.165) is 31.1 Å². The molecule has 156 valence electrons. The standard InChI is InChI=1S/C25H22F4O/c1-2-16-3-5-17(6-4-16)19-9-13-23-20(15-19)10-14-22(24(23)26)18-7-11-21(12-8-18)30-25(27,28)29/h2,7-17H,1,3-6H2. The van der Waals surface area contributed by atoms with Gasteiger partial charge in [0.05, 0.1) is 0 Å². The van der Waals surface area contributed by atoms with Crippen LogP contribution in [0, 0.1) is 11.7 Å². The van der Waals surface area contributed by atoms with Gasteiger partial charge in [0.1, 0.15) is 11.6 Å². The van der Waals surface area contributed by atoms with Gasteiger partial charge >= 0.3 is 6.36 Å². The van der Waals surface area contributed by atoms with Crippen LogP contribution in [0.15, 0.2) is 67.3 Å². The fourth-order valence-electron chi connectivity index (χ4n) is 4.31. The van der Waals surface area contributed by atoms with Gasteiger partial charge in [-0.1, -0.05) is 48.5 Å². The van der Waals surface area contributed by atoms with Gasteiger partial charge in [-0.2, -0.15) is 0 Å². The van der Waals surface area contributed by atoms with Gasteiger partial charge in [-0.25, -0.2) is 4.39 Å². The molecule has 0 heterocycles. The molecule has 0 amide bonds. The average molecular weight is 414 g/mol. The minimum Gasteiger partial charge on any atom is -0.406 e. The van der Waals surface area contributed by atoms with E-state index in [1.165, 1.54) is 29.8 Å². The number of hydrogen-bond acceptors (Lipinski definition) is 1. The highest BCUT2D eigenvalue weighted by Crippen LogP contribution is 2.38. The number of benzene rings is 3. The number of alkyl halides is 3. The Labute approximate surface area is 173 Å².